The zero-order chi connectivity index (χ0) is 11.4. The van der Waals surface area contributed by atoms with Crippen molar-refractivity contribution in [3.63, 3.8) is 0 Å². The van der Waals surface area contributed by atoms with Crippen LogP contribution in [0.15, 0.2) is 6.20 Å². The molecule has 84 valence electrons. The summed E-state index contributed by atoms with van der Waals surface area (Å²) in [6, 6.07) is 0. The van der Waals surface area contributed by atoms with Crippen molar-refractivity contribution < 1.29 is 18.9 Å². The van der Waals surface area contributed by atoms with Crippen molar-refractivity contribution in [2.45, 2.75) is 65.1 Å². The summed E-state index contributed by atoms with van der Waals surface area (Å²) < 4.78 is 0. The topological polar surface area (TPSA) is 12.0 Å². The van der Waals surface area contributed by atoms with Crippen LogP contribution in [0, 0.1) is 6.08 Å². The third-order valence-electron chi connectivity index (χ3n) is 3.33. The summed E-state index contributed by atoms with van der Waals surface area (Å²) in [7, 11) is -1.42. The SMILES string of the molecule is C[C-]=CN[Si](C(C)C)(C(C)C)C(C)C.[Li+]. The van der Waals surface area contributed by atoms with Gasteiger partial charge >= 0.3 is 18.9 Å². The zero-order valence-electron chi connectivity index (χ0n) is 11.8. The molecule has 0 saturated heterocycles. The summed E-state index contributed by atoms with van der Waals surface area (Å²) >= 11 is 0. The molecule has 0 bridgehead atoms. The Morgan fingerprint density at radius 2 is 1.27 bits per heavy atom. The van der Waals surface area contributed by atoms with Crippen LogP contribution in [0.5, 0.6) is 0 Å². The predicted octanol–water partition coefficient (Wildman–Crippen LogP) is 1.09. The molecule has 0 amide bonds. The summed E-state index contributed by atoms with van der Waals surface area (Å²) in [6.07, 6.45) is 5.11. The fourth-order valence-electron chi connectivity index (χ4n) is 2.70. The van der Waals surface area contributed by atoms with Gasteiger partial charge in [0.25, 0.3) is 0 Å². The minimum Gasteiger partial charge on any atom is -0.484 e. The maximum atomic E-state index is 3.68. The molecular formula is C12H26LiNSi. The predicted molar refractivity (Wildman–Crippen MR) is 67.7 cm³/mol. The van der Waals surface area contributed by atoms with Crippen molar-refractivity contribution in [3.8, 4) is 0 Å². The summed E-state index contributed by atoms with van der Waals surface area (Å²) in [4.78, 5) is 3.68. The van der Waals surface area contributed by atoms with E-state index < -0.39 is 8.24 Å². The molecular weight excluding hydrogens is 193 g/mol. The van der Waals surface area contributed by atoms with Crippen LogP contribution in [0.3, 0.4) is 0 Å². The van der Waals surface area contributed by atoms with E-state index in [1.165, 1.54) is 0 Å². The van der Waals surface area contributed by atoms with Gasteiger partial charge in [0.15, 0.2) is 8.24 Å². The molecule has 0 aromatic rings. The third kappa shape index (κ3) is 4.02. The Bertz CT molecular complexity index is 166. The first-order valence-electron chi connectivity index (χ1n) is 5.66. The van der Waals surface area contributed by atoms with E-state index in [0.717, 1.165) is 16.6 Å². The molecule has 0 radical (unpaired) electrons. The van der Waals surface area contributed by atoms with Gasteiger partial charge in [-0.15, -0.1) is 0 Å². The van der Waals surface area contributed by atoms with Crippen LogP contribution in [0.2, 0.25) is 16.6 Å². The third-order valence-corrected chi connectivity index (χ3v) is 9.71. The van der Waals surface area contributed by atoms with E-state index in [-0.39, 0.29) is 18.9 Å². The number of nitrogens with one attached hydrogen (secondary N) is 1. The molecule has 0 fully saturated rings. The Balaban J connectivity index is 0. The molecule has 3 heteroatoms. The van der Waals surface area contributed by atoms with Gasteiger partial charge in [0.2, 0.25) is 0 Å². The first-order valence-corrected chi connectivity index (χ1v) is 7.89. The molecule has 0 aromatic carbocycles. The number of allylic oxidation sites excluding steroid dienone is 1. The molecule has 0 aliphatic rings. The monoisotopic (exact) mass is 219 g/mol. The van der Waals surface area contributed by atoms with Gasteiger partial charge in [-0.25, -0.2) is 0 Å². The molecule has 1 N–H and O–H groups in total. The Morgan fingerprint density at radius 1 is 0.933 bits per heavy atom. The van der Waals surface area contributed by atoms with Gasteiger partial charge in [0.1, 0.15) is 0 Å². The molecule has 0 saturated carbocycles. The molecule has 0 aliphatic heterocycles. The minimum absolute atomic E-state index is 0. The Morgan fingerprint density at radius 3 is 1.47 bits per heavy atom. The normalized spacial score (nSPS) is 12.7. The van der Waals surface area contributed by atoms with Gasteiger partial charge in [-0.2, -0.15) is 13.1 Å². The van der Waals surface area contributed by atoms with Crippen molar-refractivity contribution in [1.29, 1.82) is 0 Å². The second kappa shape index (κ2) is 7.60. The first-order chi connectivity index (χ1) is 6.39. The largest absolute Gasteiger partial charge is 1.00 e. The molecule has 0 aromatic heterocycles. The number of rotatable bonds is 5. The fourth-order valence-corrected chi connectivity index (χ4v) is 8.09. The minimum atomic E-state index is -1.42. The van der Waals surface area contributed by atoms with E-state index in [9.17, 15) is 0 Å². The van der Waals surface area contributed by atoms with Crippen molar-refractivity contribution >= 4 is 8.24 Å². The van der Waals surface area contributed by atoms with Crippen LogP contribution in [-0.4, -0.2) is 8.24 Å². The quantitative estimate of drug-likeness (QED) is 0.539. The Hall–Kier alpha value is 0.354. The molecule has 15 heavy (non-hydrogen) atoms. The Labute approximate surface area is 109 Å². The average molecular weight is 219 g/mol. The van der Waals surface area contributed by atoms with Crippen LogP contribution < -0.4 is 23.8 Å². The molecule has 0 atom stereocenters. The van der Waals surface area contributed by atoms with Gasteiger partial charge < -0.3 is 11.1 Å². The van der Waals surface area contributed by atoms with Crippen LogP contribution in [0.4, 0.5) is 0 Å². The van der Waals surface area contributed by atoms with E-state index in [1.807, 2.05) is 13.1 Å². The van der Waals surface area contributed by atoms with Crippen molar-refractivity contribution in [3.05, 3.63) is 12.3 Å². The standard InChI is InChI=1S/C12H26NSi.Li/c1-8-9-13-14(10(2)3,11(4)5)12(6)7;/h9-13H,1-7H3;/q-1;+1. The van der Waals surface area contributed by atoms with Crippen molar-refractivity contribution in [1.82, 2.24) is 4.98 Å². The second-order valence-corrected chi connectivity index (χ2v) is 10.6. The number of hydrogen-bond acceptors (Lipinski definition) is 1. The second-order valence-electron chi connectivity index (χ2n) is 4.97. The molecule has 0 spiro atoms. The first kappa shape index (κ1) is 17.7. The van der Waals surface area contributed by atoms with E-state index in [2.05, 4.69) is 52.6 Å². The molecule has 0 unspecified atom stereocenters. The van der Waals surface area contributed by atoms with Crippen LogP contribution in [0.1, 0.15) is 48.5 Å². The fraction of sp³-hybridized carbons (Fsp3) is 0.833. The zero-order valence-corrected chi connectivity index (χ0v) is 12.8. The smallest absolute Gasteiger partial charge is 0.484 e. The molecule has 0 aliphatic carbocycles. The van der Waals surface area contributed by atoms with Gasteiger partial charge in [-0.1, -0.05) is 41.5 Å². The van der Waals surface area contributed by atoms with E-state index in [1.54, 1.807) is 0 Å². The van der Waals surface area contributed by atoms with Gasteiger partial charge in [-0.3, -0.25) is 0 Å². The van der Waals surface area contributed by atoms with Crippen LogP contribution >= 0.6 is 0 Å². The van der Waals surface area contributed by atoms with E-state index in [0.29, 0.717) is 0 Å². The van der Waals surface area contributed by atoms with E-state index in [4.69, 9.17) is 0 Å². The van der Waals surface area contributed by atoms with Crippen molar-refractivity contribution in [2.24, 2.45) is 0 Å². The van der Waals surface area contributed by atoms with Crippen molar-refractivity contribution in [2.75, 3.05) is 0 Å². The number of hydrogen-bond donors (Lipinski definition) is 1. The van der Waals surface area contributed by atoms with Gasteiger partial charge in [0, 0.05) is 0 Å². The summed E-state index contributed by atoms with van der Waals surface area (Å²) in [6.45, 7) is 16.1. The van der Waals surface area contributed by atoms with Gasteiger partial charge in [-0.05, 0) is 16.6 Å². The molecule has 0 heterocycles. The van der Waals surface area contributed by atoms with Gasteiger partial charge in [0.05, 0.1) is 0 Å². The molecule has 0 rings (SSSR count). The summed E-state index contributed by atoms with van der Waals surface area (Å²) in [5.41, 5.74) is 2.27. The maximum absolute atomic E-state index is 3.68. The van der Waals surface area contributed by atoms with Crippen LogP contribution in [0.25, 0.3) is 0 Å². The average Bonchev–Trinajstić information content (AvgIpc) is 2.03. The van der Waals surface area contributed by atoms with Crippen LogP contribution in [-0.2, 0) is 0 Å². The maximum Gasteiger partial charge on any atom is 1.00 e. The molecule has 1 nitrogen and oxygen atoms in total. The summed E-state index contributed by atoms with van der Waals surface area (Å²) in [5.74, 6) is 0. The van der Waals surface area contributed by atoms with E-state index >= 15 is 0 Å². The summed E-state index contributed by atoms with van der Waals surface area (Å²) in [5, 5.41) is 0. The Kier molecular flexibility index (Phi) is 8.99.